The maximum Gasteiger partial charge on any atom is 0.137 e. The molecule has 2 atom stereocenters. The Hall–Kier alpha value is -2.72. The summed E-state index contributed by atoms with van der Waals surface area (Å²) >= 11 is 0. The van der Waals surface area contributed by atoms with Gasteiger partial charge in [0, 0.05) is 36.6 Å². The minimum Gasteiger partial charge on any atom is -0.368 e. The van der Waals surface area contributed by atoms with E-state index in [9.17, 15) is 0 Å². The van der Waals surface area contributed by atoms with Crippen LogP contribution in [0.5, 0.6) is 0 Å². The van der Waals surface area contributed by atoms with Gasteiger partial charge in [0.25, 0.3) is 0 Å². The summed E-state index contributed by atoms with van der Waals surface area (Å²) in [6.45, 7) is 4.28. The predicted octanol–water partition coefficient (Wildman–Crippen LogP) is 4.17. The van der Waals surface area contributed by atoms with E-state index in [1.165, 1.54) is 5.56 Å². The van der Waals surface area contributed by atoms with Gasteiger partial charge in [-0.3, -0.25) is 9.08 Å². The summed E-state index contributed by atoms with van der Waals surface area (Å²) in [6, 6.07) is 8.56. The second kappa shape index (κ2) is 7.72. The molecule has 0 saturated heterocycles. The summed E-state index contributed by atoms with van der Waals surface area (Å²) < 4.78 is 3.92. The Morgan fingerprint density at radius 1 is 1.21 bits per heavy atom. The van der Waals surface area contributed by atoms with E-state index in [0.717, 1.165) is 46.6 Å². The Kier molecular flexibility index (Phi) is 5.14. The molecule has 0 bridgehead atoms. The summed E-state index contributed by atoms with van der Waals surface area (Å²) in [5.74, 6) is 0.887. The number of hydrogen-bond acceptors (Lipinski definition) is 4. The SMILES string of the molecule is Cc1cc2ncc(-c3cccc(NC(C)CCP)n3)n2cc1-c1cnn(C)c1. The summed E-state index contributed by atoms with van der Waals surface area (Å²) in [5.41, 5.74) is 6.20. The number of aromatic nitrogens is 5. The van der Waals surface area contributed by atoms with Gasteiger partial charge in [-0.1, -0.05) is 6.07 Å². The molecular weight excluding hydrogens is 367 g/mol. The minimum absolute atomic E-state index is 0.377. The van der Waals surface area contributed by atoms with Crippen LogP contribution in [-0.2, 0) is 7.05 Å². The maximum absolute atomic E-state index is 4.82. The van der Waals surface area contributed by atoms with E-state index in [0.29, 0.717) is 6.04 Å². The van der Waals surface area contributed by atoms with E-state index in [2.05, 4.69) is 55.2 Å². The number of imidazole rings is 1. The van der Waals surface area contributed by atoms with Crippen molar-refractivity contribution in [1.82, 2.24) is 24.1 Å². The Morgan fingerprint density at radius 3 is 2.82 bits per heavy atom. The molecule has 4 heterocycles. The molecule has 0 radical (unpaired) electrons. The van der Waals surface area contributed by atoms with E-state index in [1.54, 1.807) is 0 Å². The highest BCUT2D eigenvalue weighted by atomic mass is 31.0. The summed E-state index contributed by atoms with van der Waals surface area (Å²) in [6.07, 6.45) is 10.1. The van der Waals surface area contributed by atoms with E-state index >= 15 is 0 Å². The summed E-state index contributed by atoms with van der Waals surface area (Å²) in [4.78, 5) is 9.42. The molecule has 0 aliphatic rings. The highest BCUT2D eigenvalue weighted by Gasteiger charge is 2.13. The van der Waals surface area contributed by atoms with Crippen molar-refractivity contribution in [3.8, 4) is 22.5 Å². The van der Waals surface area contributed by atoms with Gasteiger partial charge in [-0.15, -0.1) is 9.24 Å². The zero-order valence-corrected chi connectivity index (χ0v) is 17.6. The molecule has 28 heavy (non-hydrogen) atoms. The molecule has 0 aromatic carbocycles. The Morgan fingerprint density at radius 2 is 2.07 bits per heavy atom. The fourth-order valence-electron chi connectivity index (χ4n) is 3.40. The van der Waals surface area contributed by atoms with Crippen LogP contribution in [-0.4, -0.2) is 36.4 Å². The molecule has 144 valence electrons. The van der Waals surface area contributed by atoms with E-state index in [4.69, 9.17) is 4.98 Å². The molecule has 4 aromatic rings. The van der Waals surface area contributed by atoms with Gasteiger partial charge in [0.1, 0.15) is 11.5 Å². The zero-order chi connectivity index (χ0) is 19.7. The van der Waals surface area contributed by atoms with Gasteiger partial charge in [-0.2, -0.15) is 5.10 Å². The number of pyridine rings is 2. The van der Waals surface area contributed by atoms with Crippen molar-refractivity contribution in [3.05, 3.63) is 54.6 Å². The molecule has 6 nitrogen and oxygen atoms in total. The summed E-state index contributed by atoms with van der Waals surface area (Å²) in [7, 11) is 4.70. The lowest BCUT2D eigenvalue weighted by Gasteiger charge is -2.14. The molecule has 0 spiro atoms. The number of rotatable bonds is 6. The van der Waals surface area contributed by atoms with Gasteiger partial charge in [-0.05, 0) is 50.2 Å². The number of hydrogen-bond donors (Lipinski definition) is 1. The molecule has 2 unspecified atom stereocenters. The van der Waals surface area contributed by atoms with Crippen LogP contribution in [0.4, 0.5) is 5.82 Å². The number of anilines is 1. The van der Waals surface area contributed by atoms with Crippen LogP contribution in [0.2, 0.25) is 0 Å². The Balaban J connectivity index is 1.75. The lowest BCUT2D eigenvalue weighted by molar-refractivity contribution is 0.767. The van der Waals surface area contributed by atoms with E-state index < -0.39 is 0 Å². The molecule has 0 amide bonds. The highest BCUT2D eigenvalue weighted by Crippen LogP contribution is 2.27. The molecule has 0 saturated carbocycles. The molecule has 0 aliphatic heterocycles. The van der Waals surface area contributed by atoms with Gasteiger partial charge in [0.05, 0.1) is 23.8 Å². The first-order valence-corrected chi connectivity index (χ1v) is 10.3. The van der Waals surface area contributed by atoms with Crippen LogP contribution >= 0.6 is 9.24 Å². The van der Waals surface area contributed by atoms with Crippen molar-refractivity contribution in [2.24, 2.45) is 7.05 Å². The third-order valence-corrected chi connectivity index (χ3v) is 5.21. The first-order valence-electron chi connectivity index (χ1n) is 9.46. The van der Waals surface area contributed by atoms with Gasteiger partial charge in [0.2, 0.25) is 0 Å². The van der Waals surface area contributed by atoms with Crippen LogP contribution in [0.3, 0.4) is 0 Å². The monoisotopic (exact) mass is 392 g/mol. The van der Waals surface area contributed by atoms with Crippen LogP contribution < -0.4 is 5.32 Å². The lowest BCUT2D eigenvalue weighted by Crippen LogP contribution is -2.16. The normalized spacial score (nSPS) is 12.4. The van der Waals surface area contributed by atoms with Crippen LogP contribution in [0, 0.1) is 6.92 Å². The quantitative estimate of drug-likeness (QED) is 0.500. The molecular formula is C21H25N6P. The predicted molar refractivity (Wildman–Crippen MR) is 118 cm³/mol. The second-order valence-corrected chi connectivity index (χ2v) is 7.75. The third kappa shape index (κ3) is 3.65. The minimum atomic E-state index is 0.377. The van der Waals surface area contributed by atoms with E-state index in [1.807, 2.05) is 48.5 Å². The van der Waals surface area contributed by atoms with Crippen LogP contribution in [0.15, 0.2) is 49.1 Å². The Labute approximate surface area is 167 Å². The smallest absolute Gasteiger partial charge is 0.137 e. The lowest BCUT2D eigenvalue weighted by atomic mass is 10.1. The van der Waals surface area contributed by atoms with Crippen molar-refractivity contribution in [3.63, 3.8) is 0 Å². The fraction of sp³-hybridized carbons (Fsp3) is 0.286. The van der Waals surface area contributed by atoms with Crippen molar-refractivity contribution < 1.29 is 0 Å². The second-order valence-electron chi connectivity index (χ2n) is 7.18. The first-order chi connectivity index (χ1) is 13.5. The fourth-order valence-corrected chi connectivity index (χ4v) is 3.90. The van der Waals surface area contributed by atoms with Gasteiger partial charge in [0.15, 0.2) is 0 Å². The van der Waals surface area contributed by atoms with E-state index in [-0.39, 0.29) is 0 Å². The van der Waals surface area contributed by atoms with Gasteiger partial charge >= 0.3 is 0 Å². The van der Waals surface area contributed by atoms with Crippen LogP contribution in [0.25, 0.3) is 28.2 Å². The molecule has 4 rings (SSSR count). The number of nitrogens with zero attached hydrogens (tertiary/aromatic N) is 5. The van der Waals surface area contributed by atoms with Crippen LogP contribution in [0.1, 0.15) is 18.9 Å². The average Bonchev–Trinajstić information content (AvgIpc) is 3.27. The number of nitrogens with one attached hydrogen (secondary N) is 1. The molecule has 4 aromatic heterocycles. The van der Waals surface area contributed by atoms with Crippen molar-refractivity contribution in [2.45, 2.75) is 26.3 Å². The molecule has 1 N–H and O–H groups in total. The standard InChI is InChI=1S/C21H25N6P/c1-14-9-21-22-11-19(27(21)13-17(14)16-10-23-26(3)12-16)18-5-4-6-20(25-18)24-15(2)7-8-28/h4-6,9-13,15H,7-8,28H2,1-3H3,(H,24,25). The number of fused-ring (bicyclic) bond motifs is 1. The first kappa shape index (κ1) is 18.6. The maximum atomic E-state index is 4.82. The molecule has 7 heteroatoms. The van der Waals surface area contributed by atoms with Gasteiger partial charge in [-0.25, -0.2) is 9.97 Å². The molecule has 0 aliphatic carbocycles. The molecule has 0 fully saturated rings. The summed E-state index contributed by atoms with van der Waals surface area (Å²) in [5, 5.41) is 7.78. The number of aryl methyl sites for hydroxylation is 2. The average molecular weight is 392 g/mol. The topological polar surface area (TPSA) is 60.0 Å². The Bertz CT molecular complexity index is 1110. The third-order valence-electron chi connectivity index (χ3n) is 4.88. The van der Waals surface area contributed by atoms with Crippen molar-refractivity contribution in [2.75, 3.05) is 11.5 Å². The van der Waals surface area contributed by atoms with Crippen molar-refractivity contribution >= 4 is 20.7 Å². The zero-order valence-electron chi connectivity index (χ0n) is 16.4. The van der Waals surface area contributed by atoms with Gasteiger partial charge < -0.3 is 5.32 Å². The largest absolute Gasteiger partial charge is 0.368 e. The van der Waals surface area contributed by atoms with Crippen molar-refractivity contribution in [1.29, 1.82) is 0 Å². The highest BCUT2D eigenvalue weighted by molar-refractivity contribution is 7.16.